The Morgan fingerprint density at radius 3 is 1.41 bits per heavy atom. The molecule has 34 heteroatoms. The molecule has 12 aromatic rings. The van der Waals surface area contributed by atoms with Crippen molar-refractivity contribution in [3.63, 3.8) is 0 Å². The lowest BCUT2D eigenvalue weighted by Crippen LogP contribution is -2.64. The van der Waals surface area contributed by atoms with Crippen molar-refractivity contribution in [2.24, 2.45) is 5.41 Å². The fraction of sp³-hybridized carbons (Fsp3) is 0.333. The van der Waals surface area contributed by atoms with Crippen LogP contribution in [0.5, 0.6) is 0 Å². The van der Waals surface area contributed by atoms with Crippen LogP contribution in [0.25, 0.3) is 85.9 Å². The molecule has 0 N–H and O–H groups in total. The summed E-state index contributed by atoms with van der Waals surface area (Å²) in [5, 5.41) is 50.3. The van der Waals surface area contributed by atoms with Gasteiger partial charge in [0.2, 0.25) is 31.2 Å². The number of aromatic nitrogens is 14. The Labute approximate surface area is 592 Å². The third-order valence-electron chi connectivity index (χ3n) is 16.4. The molecule has 498 valence electrons. The number of fused-ring (bicyclic) bond motifs is 4. The molecule has 0 unspecified atom stereocenters. The molecule has 3 saturated heterocycles. The molecule has 3 aliphatic heterocycles. The van der Waals surface area contributed by atoms with Gasteiger partial charge >= 0.3 is 0 Å². The molecule has 0 bridgehead atoms. The van der Waals surface area contributed by atoms with E-state index in [0.717, 1.165) is 93.0 Å². The average molecular weight is 1500 g/mol. The summed E-state index contributed by atoms with van der Waals surface area (Å²) >= 11 is 30.3. The average Bonchev–Trinajstić information content (AvgIpc) is 1.66. The number of nitriles is 3. The zero-order valence-corrected chi connectivity index (χ0v) is 60.0. The fourth-order valence-corrected chi connectivity index (χ4v) is 18.5. The van der Waals surface area contributed by atoms with Gasteiger partial charge in [0.15, 0.2) is 9.84 Å². The van der Waals surface area contributed by atoms with E-state index in [9.17, 15) is 27.4 Å². The van der Waals surface area contributed by atoms with Crippen LogP contribution >= 0.6 is 91.8 Å². The van der Waals surface area contributed by atoms with Crippen LogP contribution in [0.2, 0.25) is 21.1 Å². The van der Waals surface area contributed by atoms with Crippen LogP contribution in [0.15, 0.2) is 112 Å². The molecule has 24 nitrogen and oxygen atoms in total. The van der Waals surface area contributed by atoms with Crippen molar-refractivity contribution in [1.82, 2.24) is 73.5 Å². The van der Waals surface area contributed by atoms with Gasteiger partial charge in [0.1, 0.15) is 15.9 Å². The first-order chi connectivity index (χ1) is 46.5. The maximum Gasteiger partial charge on any atom is 0.224 e. The molecule has 0 radical (unpaired) electrons. The van der Waals surface area contributed by atoms with Gasteiger partial charge in [-0.3, -0.25) is 14.0 Å². The normalized spacial score (nSPS) is 15.8. The van der Waals surface area contributed by atoms with Crippen LogP contribution in [-0.2, 0) is 46.0 Å². The third-order valence-corrected chi connectivity index (χ3v) is 24.6. The first-order valence-electron chi connectivity index (χ1n) is 29.8. The molecular formula is C63H56Cl4N18O6S6. The van der Waals surface area contributed by atoms with Crippen LogP contribution in [0.1, 0.15) is 59.8 Å². The van der Waals surface area contributed by atoms with Crippen LogP contribution in [-0.4, -0.2) is 141 Å². The molecule has 97 heavy (non-hydrogen) atoms. The molecule has 0 saturated carbocycles. The zero-order valence-electron chi connectivity index (χ0n) is 52.0. The van der Waals surface area contributed by atoms with Gasteiger partial charge in [-0.05, 0) is 130 Å². The number of hydrogen-bond donors (Lipinski definition) is 0. The fourth-order valence-electron chi connectivity index (χ4n) is 11.4. The van der Waals surface area contributed by atoms with Crippen LogP contribution < -0.4 is 0 Å². The summed E-state index contributed by atoms with van der Waals surface area (Å²) in [5.41, 5.74) is 7.08. The first kappa shape index (κ1) is 69.3. The molecule has 0 spiro atoms. The highest BCUT2D eigenvalue weighted by Crippen LogP contribution is 2.41. The van der Waals surface area contributed by atoms with Gasteiger partial charge in [-0.1, -0.05) is 32.9 Å². The summed E-state index contributed by atoms with van der Waals surface area (Å²) in [6.45, 7) is 10.1. The third kappa shape index (κ3) is 14.6. The summed E-state index contributed by atoms with van der Waals surface area (Å²) in [7, 11) is -6.60. The molecule has 0 amide bonds. The van der Waals surface area contributed by atoms with Crippen LogP contribution in [0.4, 0.5) is 0 Å². The number of sulfone groups is 1. The van der Waals surface area contributed by atoms with Gasteiger partial charge in [-0.25, -0.2) is 56.7 Å². The highest BCUT2D eigenvalue weighted by atomic mass is 35.5. The standard InChI is InChI=1S/C17H17ClN2O2S2.C16H15ClN6O2S2.C16H14ClN5OS.C14H10ClN5OS/c1-17(2,3)10-24(21,22)12-6-4-11(5-7-12)14-15-13(8-9-23-15)19-16(18)20-14;1-2-27(24,25)22-9-16(10-22,4-5-18)23-8-11(7-19-23)13-12-3-6-26-14(12)21-15(17)20-13;17-15-20-12-1-8-24-14(12)13(21-15)11-9-19-22(10-11)16(2-5-18)3-6-23-7-4-16;15-13-18-10-1-4-22-12(10)11(19-13)9-5-17-20(6-9)14(2-3-16)7-21-8-14/h4-9H,10H2,1-3H3;3,6-8H,2,4,9-10H2,1H3;1,8-10H,2-4,6-7H2;1,4-6H,2,7-8H2. The number of halogens is 4. The van der Waals surface area contributed by atoms with E-state index < -0.39 is 25.4 Å². The highest BCUT2D eigenvalue weighted by molar-refractivity contribution is 7.91. The largest absolute Gasteiger partial charge is 0.381 e. The maximum atomic E-state index is 12.5. The molecule has 1 aromatic carbocycles. The molecular weight excluding hydrogens is 1440 g/mol. The van der Waals surface area contributed by atoms with Gasteiger partial charge in [0.05, 0.1) is 145 Å². The second-order valence-corrected chi connectivity index (χ2v) is 33.5. The van der Waals surface area contributed by atoms with E-state index in [1.165, 1.54) is 27.0 Å². The first-order valence-corrected chi connectivity index (χ1v) is 38.1. The Bertz CT molecular complexity index is 5260. The number of rotatable bonds is 14. The molecule has 3 aliphatic rings. The predicted octanol–water partition coefficient (Wildman–Crippen LogP) is 13.8. The second kappa shape index (κ2) is 28.3. The molecule has 11 aromatic heterocycles. The molecule has 0 aliphatic carbocycles. The Balaban J connectivity index is 0.000000124. The van der Waals surface area contributed by atoms with Crippen molar-refractivity contribution in [2.75, 3.05) is 51.0 Å². The molecule has 0 atom stereocenters. The van der Waals surface area contributed by atoms with Crippen molar-refractivity contribution in [1.29, 1.82) is 15.8 Å². The monoisotopic (exact) mass is 1490 g/mol. The summed E-state index contributed by atoms with van der Waals surface area (Å²) in [5.74, 6) is 0.142. The van der Waals surface area contributed by atoms with Gasteiger partial charge in [-0.2, -0.15) is 35.4 Å². The van der Waals surface area contributed by atoms with Gasteiger partial charge in [0, 0.05) is 72.5 Å². The van der Waals surface area contributed by atoms with Crippen molar-refractivity contribution >= 4 is 152 Å². The minimum atomic E-state index is -3.31. The molecule has 15 rings (SSSR count). The van der Waals surface area contributed by atoms with E-state index >= 15 is 0 Å². The van der Waals surface area contributed by atoms with E-state index in [2.05, 4.69) is 73.4 Å². The van der Waals surface area contributed by atoms with E-state index in [4.69, 9.17) is 61.1 Å². The smallest absolute Gasteiger partial charge is 0.224 e. The number of ether oxygens (including phenoxy) is 2. The van der Waals surface area contributed by atoms with E-state index in [0.29, 0.717) is 49.9 Å². The Kier molecular flexibility index (Phi) is 20.3. The minimum Gasteiger partial charge on any atom is -0.381 e. The number of thiophene rings is 4. The summed E-state index contributed by atoms with van der Waals surface area (Å²) in [6, 6.07) is 21.1. The summed E-state index contributed by atoms with van der Waals surface area (Å²) < 4.78 is 69.5. The lowest BCUT2D eigenvalue weighted by molar-refractivity contribution is -0.104. The van der Waals surface area contributed by atoms with Crippen molar-refractivity contribution in [2.45, 2.75) is 81.3 Å². The number of nitrogens with zero attached hydrogens (tertiary/aromatic N) is 18. The molecule has 3 fully saturated rings. The highest BCUT2D eigenvalue weighted by Gasteiger charge is 2.50. The van der Waals surface area contributed by atoms with E-state index in [-0.39, 0.29) is 68.6 Å². The Morgan fingerprint density at radius 2 is 0.948 bits per heavy atom. The molecule has 14 heterocycles. The Morgan fingerprint density at radius 1 is 0.526 bits per heavy atom. The van der Waals surface area contributed by atoms with Crippen molar-refractivity contribution in [3.8, 4) is 63.2 Å². The lowest BCUT2D eigenvalue weighted by atomic mass is 9.87. The summed E-state index contributed by atoms with van der Waals surface area (Å²) in [4.78, 5) is 35.3. The Hall–Kier alpha value is -7.58. The van der Waals surface area contributed by atoms with Crippen LogP contribution in [0, 0.1) is 39.4 Å². The summed E-state index contributed by atoms with van der Waals surface area (Å²) in [6.07, 6.45) is 13.3. The van der Waals surface area contributed by atoms with Crippen molar-refractivity contribution in [3.05, 3.63) is 128 Å². The topological polar surface area (TPSA) is 318 Å². The quantitative estimate of drug-likeness (QED) is 0.0913. The van der Waals surface area contributed by atoms with E-state index in [1.54, 1.807) is 83.3 Å². The predicted molar refractivity (Wildman–Crippen MR) is 377 cm³/mol. The minimum absolute atomic E-state index is 0.0373. The number of sulfonamides is 1. The van der Waals surface area contributed by atoms with Gasteiger partial charge in [0.25, 0.3) is 0 Å². The number of hydrogen-bond acceptors (Lipinski definition) is 24. The second-order valence-electron chi connectivity index (χ2n) is 24.2. The van der Waals surface area contributed by atoms with Gasteiger partial charge < -0.3 is 9.47 Å². The SMILES string of the molecule is CC(C)(C)CS(=O)(=O)c1ccc(-c2nc(Cl)nc3ccsc23)cc1.CCS(=O)(=O)N1CC(CC#N)(n2cc(-c3nc(Cl)nc4sccc34)cn2)C1.N#CCC1(n2cc(-c3nc(Cl)nc4ccsc34)cn2)CCOCC1.N#CCC1(n2cc(-c3nc(Cl)nc4ccsc34)cn2)COC1. The van der Waals surface area contributed by atoms with E-state index in [1.807, 2.05) is 88.3 Å². The van der Waals surface area contributed by atoms with Crippen molar-refractivity contribution < 1.29 is 26.3 Å². The number of benzene rings is 1. The van der Waals surface area contributed by atoms with Gasteiger partial charge in [-0.15, -0.1) is 45.3 Å². The maximum absolute atomic E-state index is 12.5. The lowest BCUT2D eigenvalue weighted by Gasteiger charge is -2.47. The zero-order chi connectivity index (χ0) is 68.5. The van der Waals surface area contributed by atoms with Crippen LogP contribution in [0.3, 0.4) is 0 Å².